The van der Waals surface area contributed by atoms with Gasteiger partial charge in [-0.05, 0) is 127 Å². The summed E-state index contributed by atoms with van der Waals surface area (Å²) in [7, 11) is 2.77. The molecule has 2 heterocycles. The number of fused-ring (bicyclic) bond motifs is 2. The van der Waals surface area contributed by atoms with Crippen LogP contribution in [0.1, 0.15) is 56.7 Å². The molecule has 39 heteroatoms. The molecule has 7 amide bonds. The van der Waals surface area contributed by atoms with E-state index in [1.807, 2.05) is 12.1 Å². The summed E-state index contributed by atoms with van der Waals surface area (Å²) in [6.07, 6.45) is -12.4. The van der Waals surface area contributed by atoms with Gasteiger partial charge in [0.15, 0.2) is 11.6 Å². The first-order valence-electron chi connectivity index (χ1n) is 27.0. The molecule has 0 atom stereocenters. The number of aromatic nitrogens is 4. The number of nitrogens with one attached hydrogen (secondary N) is 10. The summed E-state index contributed by atoms with van der Waals surface area (Å²) in [6, 6.07) is 23.4. The average Bonchev–Trinajstić information content (AvgIpc) is 1.78. The first-order valence-corrected chi connectivity index (χ1v) is 30.4. The number of hydrogen-bond donors (Lipinski definition) is 13. The van der Waals surface area contributed by atoms with Gasteiger partial charge in [-0.1, -0.05) is 123 Å². The minimum Gasteiger partial charge on any atom is -0.481 e. The van der Waals surface area contributed by atoms with Gasteiger partial charge in [0.25, 0.3) is 15.7 Å². The summed E-state index contributed by atoms with van der Waals surface area (Å²) in [5.74, 6) is -1.15. The van der Waals surface area contributed by atoms with Crippen LogP contribution in [0, 0.1) is 5.41 Å². The lowest BCUT2D eigenvalue weighted by Gasteiger charge is -2.12. The Morgan fingerprint density at radius 3 is 1.21 bits per heavy atom. The third kappa shape index (κ3) is 27.5. The number of halogens is 18. The summed E-state index contributed by atoms with van der Waals surface area (Å²) < 4.78 is 117. The highest BCUT2D eigenvalue weighted by Crippen LogP contribution is 2.40. The molecular formula is C58H54Cl9F9N14O7. The number of nitrogen functional groups attached to an aromatic ring is 2. The number of nitrogens with two attached hydrogens (primary N) is 2. The fourth-order valence-electron chi connectivity index (χ4n) is 7.63. The zero-order chi connectivity index (χ0) is 73.0. The van der Waals surface area contributed by atoms with Crippen molar-refractivity contribution in [2.24, 2.45) is 0 Å². The van der Waals surface area contributed by atoms with E-state index in [0.29, 0.717) is 52.7 Å². The molecule has 6 aromatic carbocycles. The molecule has 524 valence electrons. The van der Waals surface area contributed by atoms with Crippen LogP contribution in [-0.2, 0) is 51.1 Å². The molecule has 8 rings (SSSR count). The molecule has 0 saturated carbocycles. The van der Waals surface area contributed by atoms with Crippen molar-refractivity contribution in [3.05, 3.63) is 169 Å². The molecule has 0 aliphatic carbocycles. The Kier molecular flexibility index (Phi) is 30.3. The van der Waals surface area contributed by atoms with Gasteiger partial charge in [0, 0.05) is 50.7 Å². The molecule has 0 fully saturated rings. The van der Waals surface area contributed by atoms with Crippen molar-refractivity contribution in [3.8, 4) is 0 Å². The number of H-pyrrole nitrogens is 2. The lowest BCUT2D eigenvalue weighted by atomic mass is 10.1. The van der Waals surface area contributed by atoms with E-state index in [9.17, 15) is 58.7 Å². The van der Waals surface area contributed by atoms with Gasteiger partial charge in [-0.2, -0.15) is 39.5 Å². The molecule has 0 unspecified atom stereocenters. The van der Waals surface area contributed by atoms with Crippen molar-refractivity contribution in [2.75, 3.05) is 61.2 Å². The second-order valence-corrected chi connectivity index (χ2v) is 25.2. The van der Waals surface area contributed by atoms with Crippen molar-refractivity contribution in [2.45, 2.75) is 52.3 Å². The van der Waals surface area contributed by atoms with Gasteiger partial charge >= 0.3 is 36.6 Å². The van der Waals surface area contributed by atoms with Crippen LogP contribution in [0.5, 0.6) is 0 Å². The number of carboxylic acid groups (broad SMARTS) is 1. The monoisotopic (exact) mass is 1540 g/mol. The fourth-order valence-corrected chi connectivity index (χ4v) is 8.80. The molecule has 0 aliphatic heterocycles. The van der Waals surface area contributed by atoms with Crippen LogP contribution in [0.15, 0.2) is 109 Å². The van der Waals surface area contributed by atoms with E-state index in [-0.39, 0.29) is 60.2 Å². The Morgan fingerprint density at radius 2 is 0.887 bits per heavy atom. The number of carboxylic acids is 1. The van der Waals surface area contributed by atoms with E-state index in [1.165, 1.54) is 32.4 Å². The number of amides is 7. The second kappa shape index (κ2) is 36.1. The summed E-state index contributed by atoms with van der Waals surface area (Å²) in [5.41, 5.74) is 14.3. The number of ether oxygens (including phenoxy) is 1. The number of imidazole rings is 2. The largest absolute Gasteiger partial charge is 0.481 e. The lowest BCUT2D eigenvalue weighted by Crippen LogP contribution is -2.30. The van der Waals surface area contributed by atoms with Gasteiger partial charge in [0.05, 0.1) is 72.3 Å². The average molecular weight is 1550 g/mol. The van der Waals surface area contributed by atoms with Crippen molar-refractivity contribution >= 4 is 191 Å². The van der Waals surface area contributed by atoms with Crippen molar-refractivity contribution in [3.63, 3.8) is 0 Å². The minimum atomic E-state index is -4.62. The van der Waals surface area contributed by atoms with E-state index >= 15 is 0 Å². The Bertz CT molecular complexity index is 4070. The summed E-state index contributed by atoms with van der Waals surface area (Å²) in [4.78, 5) is 70.6. The maximum Gasteiger partial charge on any atom is 0.417 e. The third-order valence-electron chi connectivity index (χ3n) is 12.1. The summed E-state index contributed by atoms with van der Waals surface area (Å²) >= 11 is 49.6. The van der Waals surface area contributed by atoms with Crippen molar-refractivity contribution in [1.29, 1.82) is 5.41 Å². The standard InChI is InChI=1S/C19H17ClF3N5O2.C18H13Cl4F3N4O.C16H16ClF3N4O.C3H4Cl3NO.C2H4O2/c1-24-17(29)16-27-14-5-2-10(8-15(14)28-16)6-7-25-18(30)26-11-3-4-13(20)12(9-11)19(21,22)23;19-12-3-2-10(8-11(12)18(23,24)25)27-16(30)26-6-5-9-1-4-13-14(7-9)29-15(28-13)17(20,21)22;17-12-3-2-10(8-11(12)16(18,19)20)24-15(25)23-6-5-9-1-4-13(21)14(22)7-9;1-8-2(7)3(4,5)6;1-2(3)4/h2-5,8-9H,6-7H2,1H3,(H,24,29)(H,27,28)(H2,25,26,30);1-4,7-8H,5-6H2,(H,28,29)(H2,26,27,30);1-4,7-8H,5-6,21-22H2,(H2,23,24,25);7H,1H3;1H3,(H,3,4). The minimum absolute atomic E-state index is 0.00838. The van der Waals surface area contributed by atoms with Gasteiger partial charge in [-0.25, -0.2) is 24.4 Å². The number of hydrogen-bond acceptors (Lipinski definition) is 11. The highest BCUT2D eigenvalue weighted by Gasteiger charge is 2.36. The van der Waals surface area contributed by atoms with Gasteiger partial charge in [-0.3, -0.25) is 15.0 Å². The number of aromatic amines is 2. The number of urea groups is 3. The van der Waals surface area contributed by atoms with Crippen LogP contribution in [0.2, 0.25) is 15.1 Å². The molecule has 0 spiro atoms. The maximum atomic E-state index is 12.9. The van der Waals surface area contributed by atoms with Crippen molar-refractivity contribution < 1.29 is 73.3 Å². The number of methoxy groups -OCH3 is 1. The number of anilines is 5. The van der Waals surface area contributed by atoms with Crippen LogP contribution in [-0.4, -0.2) is 98.5 Å². The van der Waals surface area contributed by atoms with E-state index in [4.69, 9.17) is 131 Å². The van der Waals surface area contributed by atoms with Crippen LogP contribution >= 0.6 is 104 Å². The third-order valence-corrected chi connectivity index (χ3v) is 14.1. The van der Waals surface area contributed by atoms with E-state index in [1.54, 1.807) is 42.5 Å². The molecule has 0 bridgehead atoms. The number of alkyl halides is 15. The van der Waals surface area contributed by atoms with Crippen LogP contribution < -0.4 is 48.7 Å². The van der Waals surface area contributed by atoms with Gasteiger partial charge in [-0.15, -0.1) is 0 Å². The molecule has 21 nitrogen and oxygen atoms in total. The zero-order valence-corrected chi connectivity index (χ0v) is 56.7. The van der Waals surface area contributed by atoms with Crippen LogP contribution in [0.3, 0.4) is 0 Å². The number of carbonyl (C=O) groups excluding carboxylic acids is 4. The topological polar surface area (TPSA) is 332 Å². The molecule has 8 aromatic rings. The van der Waals surface area contributed by atoms with E-state index in [0.717, 1.165) is 60.0 Å². The van der Waals surface area contributed by atoms with E-state index in [2.05, 4.69) is 61.9 Å². The van der Waals surface area contributed by atoms with E-state index < -0.39 is 81.9 Å². The van der Waals surface area contributed by atoms with Gasteiger partial charge in [0.2, 0.25) is 9.69 Å². The lowest BCUT2D eigenvalue weighted by molar-refractivity contribution is -0.138. The molecule has 0 aliphatic rings. The van der Waals surface area contributed by atoms with Crippen LogP contribution in [0.4, 0.5) is 82.3 Å². The Morgan fingerprint density at radius 1 is 0.536 bits per heavy atom. The van der Waals surface area contributed by atoms with Gasteiger partial charge in [0.1, 0.15) is 0 Å². The quantitative estimate of drug-likeness (QED) is 0.0169. The smallest absolute Gasteiger partial charge is 0.417 e. The first kappa shape index (κ1) is 81.5. The fraction of sp³-hybridized carbons (Fsp3) is 0.241. The predicted octanol–water partition coefficient (Wildman–Crippen LogP) is 16.3. The normalized spacial score (nSPS) is 11.4. The molecule has 97 heavy (non-hydrogen) atoms. The summed E-state index contributed by atoms with van der Waals surface area (Å²) in [6.45, 7) is 1.84. The number of nitrogens with zero attached hydrogens (tertiary/aromatic N) is 2. The molecule has 15 N–H and O–H groups in total. The molecule has 0 saturated heterocycles. The summed E-state index contributed by atoms with van der Waals surface area (Å²) in [5, 5.41) is 30.1. The molecule has 0 radical (unpaired) electrons. The zero-order valence-electron chi connectivity index (χ0n) is 49.9. The van der Waals surface area contributed by atoms with Crippen molar-refractivity contribution in [1.82, 2.24) is 41.2 Å². The van der Waals surface area contributed by atoms with Crippen LogP contribution in [0.25, 0.3) is 22.1 Å². The second-order valence-electron chi connectivity index (χ2n) is 19.4. The Balaban J connectivity index is 0.000000285. The number of rotatable bonds is 13. The maximum absolute atomic E-state index is 12.9. The van der Waals surface area contributed by atoms with Gasteiger partial charge < -0.3 is 68.5 Å². The number of benzene rings is 6. The number of carbonyl (C=O) groups is 5. The highest BCUT2D eigenvalue weighted by molar-refractivity contribution is 6.76. The molecular weight excluding hydrogens is 1490 g/mol. The Labute approximate surface area is 589 Å². The Hall–Kier alpha value is -7.94. The predicted molar refractivity (Wildman–Crippen MR) is 360 cm³/mol. The highest BCUT2D eigenvalue weighted by atomic mass is 35.6. The number of aliphatic carboxylic acids is 1. The molecule has 2 aromatic heterocycles. The SMILES string of the molecule is CC(=O)O.CNC(=O)c1nc2ccc(CCNC(=O)Nc3ccc(Cl)c(C(F)(F)F)c3)cc2[nH]1.COC(=N)C(Cl)(Cl)Cl.Nc1ccc(CCNC(=O)Nc2ccc(Cl)c(C(F)(F)F)c2)cc1N.O=C(NCCc1ccc2nc(C(Cl)(Cl)Cl)[nH]c2c1)Nc1ccc(Cl)c(C(F)(F)F)c1. The first-order chi connectivity index (χ1) is 45.0.